The molecule has 0 saturated carbocycles. The molecule has 0 atom stereocenters. The molecule has 124 valence electrons. The third-order valence-corrected chi connectivity index (χ3v) is 4.52. The zero-order chi connectivity index (χ0) is 17.4. The molecule has 0 radical (unpaired) electrons. The van der Waals surface area contributed by atoms with Gasteiger partial charge in [0.1, 0.15) is 6.67 Å². The van der Waals surface area contributed by atoms with Crippen molar-refractivity contribution >= 4 is 50.1 Å². The van der Waals surface area contributed by atoms with Crippen LogP contribution in [0, 0.1) is 0 Å². The van der Waals surface area contributed by atoms with Gasteiger partial charge in [-0.05, 0) is 18.2 Å². The van der Waals surface area contributed by atoms with E-state index in [1.54, 1.807) is 18.2 Å². The minimum Gasteiger partial charge on any atom is -0.377 e. The first-order chi connectivity index (χ1) is 11.5. The number of imide groups is 1. The monoisotopic (exact) mass is 389 g/mol. The second-order valence-corrected chi connectivity index (χ2v) is 6.25. The number of benzene rings is 2. The molecule has 2 aromatic rings. The Morgan fingerprint density at radius 2 is 1.79 bits per heavy atom. The molecule has 24 heavy (non-hydrogen) atoms. The van der Waals surface area contributed by atoms with Gasteiger partial charge in [-0.1, -0.05) is 28.1 Å². The summed E-state index contributed by atoms with van der Waals surface area (Å²) in [5.41, 5.74) is 1.88. The molecule has 1 aliphatic rings. The van der Waals surface area contributed by atoms with E-state index in [0.717, 1.165) is 16.0 Å². The average molecular weight is 390 g/mol. The van der Waals surface area contributed by atoms with Gasteiger partial charge in [0, 0.05) is 41.7 Å². The molecule has 0 aromatic heterocycles. The quantitative estimate of drug-likeness (QED) is 0.640. The summed E-state index contributed by atoms with van der Waals surface area (Å²) >= 11 is 3.04. The van der Waals surface area contributed by atoms with Crippen LogP contribution in [0.1, 0.15) is 20.7 Å². The summed E-state index contributed by atoms with van der Waals surface area (Å²) in [7, 11) is 3.83. The van der Waals surface area contributed by atoms with E-state index in [1.165, 1.54) is 0 Å². The van der Waals surface area contributed by atoms with E-state index in [9.17, 15) is 14.4 Å². The van der Waals surface area contributed by atoms with Gasteiger partial charge in [0.2, 0.25) is 5.91 Å². The molecule has 0 spiro atoms. The van der Waals surface area contributed by atoms with Crippen LogP contribution in [0.4, 0.5) is 5.69 Å². The number of anilines is 1. The van der Waals surface area contributed by atoms with E-state index in [2.05, 4.69) is 21.2 Å². The van der Waals surface area contributed by atoms with Crippen molar-refractivity contribution in [3.63, 3.8) is 0 Å². The van der Waals surface area contributed by atoms with Crippen LogP contribution >= 0.6 is 15.9 Å². The SMILES string of the molecule is CN(C)c1ccc2c3c(cccc13)C(=O)N(CNC(=O)CBr)C2=O. The zero-order valence-corrected chi connectivity index (χ0v) is 14.9. The molecule has 0 aliphatic carbocycles. The number of rotatable bonds is 4. The number of carbonyl (C=O) groups excluding carboxylic acids is 3. The van der Waals surface area contributed by atoms with Gasteiger partial charge in [-0.15, -0.1) is 0 Å². The van der Waals surface area contributed by atoms with Crippen LogP contribution in [-0.4, -0.2) is 48.7 Å². The lowest BCUT2D eigenvalue weighted by atomic mass is 9.93. The highest BCUT2D eigenvalue weighted by Crippen LogP contribution is 2.35. The summed E-state index contributed by atoms with van der Waals surface area (Å²) in [5.74, 6) is -1.09. The van der Waals surface area contributed by atoms with E-state index in [-0.39, 0.29) is 17.9 Å². The molecule has 3 amide bonds. The van der Waals surface area contributed by atoms with Crippen molar-refractivity contribution in [3.8, 4) is 0 Å². The Morgan fingerprint density at radius 3 is 2.42 bits per heavy atom. The smallest absolute Gasteiger partial charge is 0.262 e. The predicted molar refractivity (Wildman–Crippen MR) is 95.6 cm³/mol. The van der Waals surface area contributed by atoms with Crippen molar-refractivity contribution in [1.82, 2.24) is 10.2 Å². The molecular formula is C17H16BrN3O3. The zero-order valence-electron chi connectivity index (χ0n) is 13.3. The van der Waals surface area contributed by atoms with Crippen molar-refractivity contribution in [2.45, 2.75) is 0 Å². The van der Waals surface area contributed by atoms with Gasteiger partial charge in [-0.2, -0.15) is 0 Å². The molecule has 2 aromatic carbocycles. The Bertz CT molecular complexity index is 841. The highest BCUT2D eigenvalue weighted by Gasteiger charge is 2.33. The fourth-order valence-corrected chi connectivity index (χ4v) is 3.08. The van der Waals surface area contributed by atoms with Crippen LogP contribution < -0.4 is 10.2 Å². The van der Waals surface area contributed by atoms with Gasteiger partial charge >= 0.3 is 0 Å². The number of carbonyl (C=O) groups is 3. The number of nitrogens with one attached hydrogen (secondary N) is 1. The van der Waals surface area contributed by atoms with E-state index < -0.39 is 11.8 Å². The molecule has 0 saturated heterocycles. The van der Waals surface area contributed by atoms with E-state index >= 15 is 0 Å². The third kappa shape index (κ3) is 2.54. The van der Waals surface area contributed by atoms with Crippen LogP contribution in [0.5, 0.6) is 0 Å². The number of hydrogen-bond acceptors (Lipinski definition) is 4. The summed E-state index contributed by atoms with van der Waals surface area (Å²) in [5, 5.41) is 4.19. The summed E-state index contributed by atoms with van der Waals surface area (Å²) < 4.78 is 0. The molecule has 7 heteroatoms. The van der Waals surface area contributed by atoms with Gasteiger partial charge in [0.25, 0.3) is 11.8 Å². The van der Waals surface area contributed by atoms with Gasteiger partial charge in [0.15, 0.2) is 0 Å². The Morgan fingerprint density at radius 1 is 1.12 bits per heavy atom. The van der Waals surface area contributed by atoms with Crippen molar-refractivity contribution in [3.05, 3.63) is 41.5 Å². The Labute approximate surface area is 147 Å². The number of nitrogens with zero attached hydrogens (tertiary/aromatic N) is 2. The number of amides is 3. The van der Waals surface area contributed by atoms with Gasteiger partial charge in [0.05, 0.1) is 5.33 Å². The second-order valence-electron chi connectivity index (χ2n) is 5.68. The van der Waals surface area contributed by atoms with Crippen molar-refractivity contribution in [2.75, 3.05) is 31.0 Å². The summed E-state index contributed by atoms with van der Waals surface area (Å²) in [4.78, 5) is 39.9. The first-order valence-electron chi connectivity index (χ1n) is 7.37. The van der Waals surface area contributed by atoms with Crippen LogP contribution in [-0.2, 0) is 4.79 Å². The number of alkyl halides is 1. The molecule has 1 heterocycles. The molecule has 3 rings (SSSR count). The molecule has 1 aliphatic heterocycles. The lowest BCUT2D eigenvalue weighted by Gasteiger charge is -2.28. The maximum Gasteiger partial charge on any atom is 0.262 e. The van der Waals surface area contributed by atoms with Crippen molar-refractivity contribution < 1.29 is 14.4 Å². The maximum atomic E-state index is 12.7. The van der Waals surface area contributed by atoms with Crippen molar-refractivity contribution in [2.24, 2.45) is 0 Å². The van der Waals surface area contributed by atoms with Crippen LogP contribution in [0.15, 0.2) is 30.3 Å². The third-order valence-electron chi connectivity index (χ3n) is 4.01. The normalized spacial score (nSPS) is 13.4. The largest absolute Gasteiger partial charge is 0.377 e. The summed E-state index contributed by atoms with van der Waals surface area (Å²) in [6.45, 7) is -0.145. The predicted octanol–water partition coefficient (Wildman–Crippen LogP) is 1.97. The lowest BCUT2D eigenvalue weighted by molar-refractivity contribution is -0.118. The minimum absolute atomic E-state index is 0.113. The standard InChI is InChI=1S/C17H16BrN3O3/c1-20(2)13-7-6-12-15-10(13)4-3-5-11(15)16(23)21(17(12)24)9-19-14(22)8-18/h3-7H,8-9H2,1-2H3,(H,19,22). The number of hydrogen-bond donors (Lipinski definition) is 1. The highest BCUT2D eigenvalue weighted by atomic mass is 79.9. The molecule has 0 fully saturated rings. The van der Waals surface area contributed by atoms with E-state index in [4.69, 9.17) is 0 Å². The van der Waals surface area contributed by atoms with E-state index in [1.807, 2.05) is 31.1 Å². The van der Waals surface area contributed by atoms with Gasteiger partial charge in [-0.3, -0.25) is 19.3 Å². The lowest BCUT2D eigenvalue weighted by Crippen LogP contribution is -2.47. The maximum absolute atomic E-state index is 12.7. The molecule has 6 nitrogen and oxygen atoms in total. The Kier molecular flexibility index (Phi) is 4.28. The highest BCUT2D eigenvalue weighted by molar-refractivity contribution is 9.09. The van der Waals surface area contributed by atoms with Gasteiger partial charge in [-0.25, -0.2) is 0 Å². The first-order valence-corrected chi connectivity index (χ1v) is 8.49. The molecule has 1 N–H and O–H groups in total. The average Bonchev–Trinajstić information content (AvgIpc) is 2.58. The van der Waals surface area contributed by atoms with Crippen molar-refractivity contribution in [1.29, 1.82) is 0 Å². The molecule has 0 bridgehead atoms. The topological polar surface area (TPSA) is 69.7 Å². The Hall–Kier alpha value is -2.41. The fraction of sp³-hybridized carbons (Fsp3) is 0.235. The van der Waals surface area contributed by atoms with E-state index in [0.29, 0.717) is 16.5 Å². The molecular weight excluding hydrogens is 374 g/mol. The Balaban J connectivity index is 2.11. The molecule has 0 unspecified atom stereocenters. The van der Waals surface area contributed by atoms with Gasteiger partial charge < -0.3 is 10.2 Å². The first kappa shape index (κ1) is 16.4. The summed E-state index contributed by atoms with van der Waals surface area (Å²) in [6, 6.07) is 9.01. The minimum atomic E-state index is -0.399. The van der Waals surface area contributed by atoms with Crippen LogP contribution in [0.2, 0.25) is 0 Å². The fourth-order valence-electron chi connectivity index (χ4n) is 2.88. The second kappa shape index (κ2) is 6.24. The summed E-state index contributed by atoms with van der Waals surface area (Å²) in [6.07, 6.45) is 0. The van der Waals surface area contributed by atoms with Crippen LogP contribution in [0.25, 0.3) is 10.8 Å². The van der Waals surface area contributed by atoms with Crippen LogP contribution in [0.3, 0.4) is 0 Å². The number of halogens is 1.